The van der Waals surface area contributed by atoms with Gasteiger partial charge in [-0.15, -0.1) is 0 Å². The van der Waals surface area contributed by atoms with E-state index < -0.39 is 6.04 Å². The minimum atomic E-state index is -0.477. The maximum Gasteiger partial charge on any atom is 0.253 e. The van der Waals surface area contributed by atoms with E-state index in [0.717, 1.165) is 12.0 Å². The first-order valence-electron chi connectivity index (χ1n) is 10.1. The Bertz CT molecular complexity index is 904. The van der Waals surface area contributed by atoms with E-state index in [1.54, 1.807) is 41.0 Å². The quantitative estimate of drug-likeness (QED) is 0.796. The molecule has 1 aliphatic heterocycles. The predicted molar refractivity (Wildman–Crippen MR) is 116 cm³/mol. The first-order chi connectivity index (χ1) is 14.5. The molecule has 1 N–H and O–H groups in total. The summed E-state index contributed by atoms with van der Waals surface area (Å²) in [5.41, 5.74) is 1.23. The van der Waals surface area contributed by atoms with Crippen LogP contribution in [0.15, 0.2) is 54.6 Å². The molecule has 30 heavy (non-hydrogen) atoms. The molecule has 3 rings (SSSR count). The lowest BCUT2D eigenvalue weighted by Gasteiger charge is -2.25. The van der Waals surface area contributed by atoms with Gasteiger partial charge in [-0.05, 0) is 24.1 Å². The van der Waals surface area contributed by atoms with Crippen LogP contribution in [0, 0.1) is 0 Å². The molecule has 1 atom stereocenters. The number of benzene rings is 2. The molecule has 0 saturated carbocycles. The van der Waals surface area contributed by atoms with E-state index >= 15 is 0 Å². The summed E-state index contributed by atoms with van der Waals surface area (Å²) in [4.78, 5) is 41.0. The van der Waals surface area contributed by atoms with Crippen LogP contribution in [-0.4, -0.2) is 53.7 Å². The molecule has 1 unspecified atom stereocenters. The monoisotopic (exact) mass is 427 g/mol. The SMILES string of the molecule is CC(=O)N1CCCN(C(=O)CC(NC(=O)c2ccccc2Cl)c2ccccc2)CC1. The standard InChI is InChI=1S/C23H26ClN3O3/c1-17(28)26-12-7-13-27(15-14-26)22(29)16-21(18-8-3-2-4-9-18)25-23(30)19-10-5-6-11-20(19)24/h2-6,8-11,21H,7,12-16H2,1H3,(H,25,30). The minimum Gasteiger partial charge on any atom is -0.345 e. The highest BCUT2D eigenvalue weighted by Crippen LogP contribution is 2.21. The Balaban J connectivity index is 1.73. The lowest BCUT2D eigenvalue weighted by Crippen LogP contribution is -2.39. The number of hydrogen-bond donors (Lipinski definition) is 1. The number of carbonyl (C=O) groups is 3. The van der Waals surface area contributed by atoms with Crippen LogP contribution in [0.25, 0.3) is 0 Å². The van der Waals surface area contributed by atoms with Gasteiger partial charge < -0.3 is 15.1 Å². The molecule has 2 aromatic carbocycles. The topological polar surface area (TPSA) is 69.7 Å². The highest BCUT2D eigenvalue weighted by Gasteiger charge is 2.25. The number of nitrogens with one attached hydrogen (secondary N) is 1. The Morgan fingerprint density at radius 2 is 1.57 bits per heavy atom. The Morgan fingerprint density at radius 1 is 0.933 bits per heavy atom. The van der Waals surface area contributed by atoms with Crippen LogP contribution in [0.1, 0.15) is 41.7 Å². The molecule has 1 aliphatic rings. The molecule has 0 radical (unpaired) electrons. The van der Waals surface area contributed by atoms with Crippen LogP contribution in [0.3, 0.4) is 0 Å². The maximum absolute atomic E-state index is 13.0. The van der Waals surface area contributed by atoms with Gasteiger partial charge >= 0.3 is 0 Å². The van der Waals surface area contributed by atoms with Crippen LogP contribution >= 0.6 is 11.6 Å². The third-order valence-electron chi connectivity index (χ3n) is 5.30. The van der Waals surface area contributed by atoms with E-state index in [1.165, 1.54) is 0 Å². The number of rotatable bonds is 5. The smallest absolute Gasteiger partial charge is 0.253 e. The van der Waals surface area contributed by atoms with E-state index in [4.69, 9.17) is 11.6 Å². The summed E-state index contributed by atoms with van der Waals surface area (Å²) in [6.07, 6.45) is 0.883. The van der Waals surface area contributed by atoms with Crippen LogP contribution in [0.4, 0.5) is 0 Å². The average molecular weight is 428 g/mol. The number of nitrogens with zero attached hydrogens (tertiary/aromatic N) is 2. The van der Waals surface area contributed by atoms with Crippen molar-refractivity contribution in [2.24, 2.45) is 0 Å². The molecular formula is C23H26ClN3O3. The van der Waals surface area contributed by atoms with Crippen LogP contribution in [0.5, 0.6) is 0 Å². The fourth-order valence-corrected chi connectivity index (χ4v) is 3.83. The van der Waals surface area contributed by atoms with Crippen LogP contribution < -0.4 is 5.32 Å². The molecule has 3 amide bonds. The Kier molecular flexibility index (Phi) is 7.46. The number of carbonyl (C=O) groups excluding carboxylic acids is 3. The highest BCUT2D eigenvalue weighted by molar-refractivity contribution is 6.33. The third-order valence-corrected chi connectivity index (χ3v) is 5.63. The van der Waals surface area contributed by atoms with Crippen molar-refractivity contribution in [1.29, 1.82) is 0 Å². The van der Waals surface area contributed by atoms with Crippen LogP contribution in [-0.2, 0) is 9.59 Å². The van der Waals surface area contributed by atoms with Gasteiger partial charge in [-0.2, -0.15) is 0 Å². The molecule has 1 heterocycles. The Hall–Kier alpha value is -2.86. The first kappa shape index (κ1) is 21.8. The van der Waals surface area contributed by atoms with Crippen molar-refractivity contribution in [1.82, 2.24) is 15.1 Å². The molecule has 6 nitrogen and oxygen atoms in total. The molecule has 1 saturated heterocycles. The fraction of sp³-hybridized carbons (Fsp3) is 0.348. The van der Waals surface area contributed by atoms with Gasteiger partial charge in [0.15, 0.2) is 0 Å². The van der Waals surface area contributed by atoms with Gasteiger partial charge in [-0.25, -0.2) is 0 Å². The second-order valence-corrected chi connectivity index (χ2v) is 7.77. The summed E-state index contributed by atoms with van der Waals surface area (Å²) in [6.45, 7) is 3.83. The first-order valence-corrected chi connectivity index (χ1v) is 10.5. The highest BCUT2D eigenvalue weighted by atomic mass is 35.5. The van der Waals surface area contributed by atoms with Crippen LogP contribution in [0.2, 0.25) is 5.02 Å². The lowest BCUT2D eigenvalue weighted by atomic mass is 10.0. The second kappa shape index (κ2) is 10.3. The summed E-state index contributed by atoms with van der Waals surface area (Å²) in [7, 11) is 0. The molecule has 0 aliphatic carbocycles. The van der Waals surface area contributed by atoms with Gasteiger partial charge in [0, 0.05) is 33.1 Å². The predicted octanol–water partition coefficient (Wildman–Crippen LogP) is 3.28. The van der Waals surface area contributed by atoms with Gasteiger partial charge in [0.1, 0.15) is 0 Å². The molecule has 0 spiro atoms. The molecule has 1 fully saturated rings. The van der Waals surface area contributed by atoms with E-state index in [9.17, 15) is 14.4 Å². The largest absolute Gasteiger partial charge is 0.345 e. The third kappa shape index (κ3) is 5.60. The van der Waals surface area contributed by atoms with E-state index in [1.807, 2.05) is 30.3 Å². The minimum absolute atomic E-state index is 0.0264. The van der Waals surface area contributed by atoms with E-state index in [-0.39, 0.29) is 24.1 Å². The van der Waals surface area contributed by atoms with Crippen molar-refractivity contribution in [2.75, 3.05) is 26.2 Å². The normalized spacial score (nSPS) is 15.3. The Labute approximate surface area is 181 Å². The molecule has 7 heteroatoms. The van der Waals surface area contributed by atoms with Gasteiger partial charge in [0.05, 0.1) is 23.0 Å². The summed E-state index contributed by atoms with van der Waals surface area (Å²) < 4.78 is 0. The molecule has 0 bridgehead atoms. The number of amides is 3. The van der Waals surface area contributed by atoms with Crippen molar-refractivity contribution in [3.05, 3.63) is 70.7 Å². The summed E-state index contributed by atoms with van der Waals surface area (Å²) in [6, 6.07) is 15.8. The van der Waals surface area contributed by atoms with Crippen molar-refractivity contribution in [2.45, 2.75) is 25.8 Å². The van der Waals surface area contributed by atoms with E-state index in [0.29, 0.717) is 36.8 Å². The zero-order valence-electron chi connectivity index (χ0n) is 17.0. The molecule has 2 aromatic rings. The maximum atomic E-state index is 13.0. The van der Waals surface area contributed by atoms with Crippen molar-refractivity contribution < 1.29 is 14.4 Å². The zero-order valence-corrected chi connectivity index (χ0v) is 17.8. The van der Waals surface area contributed by atoms with Crippen molar-refractivity contribution >= 4 is 29.3 Å². The number of hydrogen-bond acceptors (Lipinski definition) is 3. The van der Waals surface area contributed by atoms with Gasteiger partial charge in [0.2, 0.25) is 11.8 Å². The van der Waals surface area contributed by atoms with Gasteiger partial charge in [-0.3, -0.25) is 14.4 Å². The van der Waals surface area contributed by atoms with Gasteiger partial charge in [0.25, 0.3) is 5.91 Å². The average Bonchev–Trinajstić information content (AvgIpc) is 3.01. The second-order valence-electron chi connectivity index (χ2n) is 7.36. The summed E-state index contributed by atoms with van der Waals surface area (Å²) >= 11 is 6.17. The molecule has 158 valence electrons. The summed E-state index contributed by atoms with van der Waals surface area (Å²) in [5.74, 6) is -0.340. The molecule has 0 aromatic heterocycles. The van der Waals surface area contributed by atoms with Crippen molar-refractivity contribution in [3.63, 3.8) is 0 Å². The van der Waals surface area contributed by atoms with Crippen molar-refractivity contribution in [3.8, 4) is 0 Å². The van der Waals surface area contributed by atoms with Gasteiger partial charge in [-0.1, -0.05) is 54.1 Å². The number of halogens is 1. The summed E-state index contributed by atoms with van der Waals surface area (Å²) in [5, 5.41) is 3.33. The van der Waals surface area contributed by atoms with E-state index in [2.05, 4.69) is 5.32 Å². The lowest BCUT2D eigenvalue weighted by molar-refractivity contribution is -0.133. The fourth-order valence-electron chi connectivity index (χ4n) is 3.60. The zero-order chi connectivity index (χ0) is 21.5. The Morgan fingerprint density at radius 3 is 2.27 bits per heavy atom. The molecular weight excluding hydrogens is 402 g/mol.